The van der Waals surface area contributed by atoms with E-state index < -0.39 is 0 Å². The molecule has 2 aromatic rings. The van der Waals surface area contributed by atoms with Crippen molar-refractivity contribution >= 4 is 43.5 Å². The molecule has 0 bridgehead atoms. The first-order valence-electron chi connectivity index (χ1n) is 5.96. The molecule has 0 atom stereocenters. The Kier molecular flexibility index (Phi) is 5.03. The predicted molar refractivity (Wildman–Crippen MR) is 85.6 cm³/mol. The van der Waals surface area contributed by atoms with E-state index in [2.05, 4.69) is 60.5 Å². The van der Waals surface area contributed by atoms with Gasteiger partial charge in [-0.1, -0.05) is 57.3 Å². The van der Waals surface area contributed by atoms with Gasteiger partial charge in [0.05, 0.1) is 10.4 Å². The predicted octanol–water partition coefficient (Wildman–Crippen LogP) is 4.91. The van der Waals surface area contributed by atoms with Gasteiger partial charge in [0.15, 0.2) is 5.82 Å². The maximum absolute atomic E-state index is 6.28. The van der Waals surface area contributed by atoms with Gasteiger partial charge in [-0.15, -0.1) is 10.2 Å². The highest BCUT2D eigenvalue weighted by Crippen LogP contribution is 2.30. The summed E-state index contributed by atoms with van der Waals surface area (Å²) in [4.78, 5) is 0. The van der Waals surface area contributed by atoms with Gasteiger partial charge in [0.25, 0.3) is 0 Å². The average Bonchev–Trinajstić information content (AvgIpc) is 2.74. The van der Waals surface area contributed by atoms with E-state index in [9.17, 15) is 0 Å². The van der Waals surface area contributed by atoms with Gasteiger partial charge < -0.3 is 4.57 Å². The molecule has 0 spiro atoms. The molecule has 102 valence electrons. The molecule has 19 heavy (non-hydrogen) atoms. The van der Waals surface area contributed by atoms with Crippen molar-refractivity contribution in [2.24, 2.45) is 5.92 Å². The molecule has 6 heteroatoms. The third kappa shape index (κ3) is 3.38. The average molecular weight is 408 g/mol. The van der Waals surface area contributed by atoms with Crippen LogP contribution in [-0.2, 0) is 11.9 Å². The van der Waals surface area contributed by atoms with Gasteiger partial charge in [-0.3, -0.25) is 0 Å². The third-order valence-electron chi connectivity index (χ3n) is 2.66. The zero-order chi connectivity index (χ0) is 14.0. The molecule has 0 unspecified atom stereocenters. The van der Waals surface area contributed by atoms with Crippen molar-refractivity contribution in [1.82, 2.24) is 14.8 Å². The molecule has 0 radical (unpaired) electrons. The fraction of sp³-hybridized carbons (Fsp3) is 0.385. The molecular formula is C13H14Br2ClN3. The number of rotatable bonds is 4. The normalized spacial score (nSPS) is 11.3. The highest BCUT2D eigenvalue weighted by molar-refractivity contribution is 9.10. The van der Waals surface area contributed by atoms with Crippen LogP contribution in [0.4, 0.5) is 0 Å². The Labute approximate surface area is 134 Å². The van der Waals surface area contributed by atoms with Crippen molar-refractivity contribution in [3.63, 3.8) is 0 Å². The van der Waals surface area contributed by atoms with Crippen molar-refractivity contribution in [2.45, 2.75) is 25.7 Å². The molecule has 0 saturated carbocycles. The molecular weight excluding hydrogens is 393 g/mol. The van der Waals surface area contributed by atoms with Crippen LogP contribution in [0.5, 0.6) is 0 Å². The van der Waals surface area contributed by atoms with Crippen molar-refractivity contribution in [1.29, 1.82) is 0 Å². The Morgan fingerprint density at radius 3 is 2.68 bits per heavy atom. The summed E-state index contributed by atoms with van der Waals surface area (Å²) in [6, 6.07) is 5.75. The van der Waals surface area contributed by atoms with E-state index in [1.165, 1.54) is 0 Å². The molecule has 0 amide bonds. The summed E-state index contributed by atoms with van der Waals surface area (Å²) in [6.45, 7) is 5.21. The smallest absolute Gasteiger partial charge is 0.165 e. The van der Waals surface area contributed by atoms with Crippen LogP contribution in [0.3, 0.4) is 0 Å². The van der Waals surface area contributed by atoms with Gasteiger partial charge in [0, 0.05) is 16.6 Å². The van der Waals surface area contributed by atoms with E-state index in [1.807, 2.05) is 18.2 Å². The van der Waals surface area contributed by atoms with Crippen LogP contribution >= 0.6 is 43.5 Å². The Morgan fingerprint density at radius 1 is 1.32 bits per heavy atom. The monoisotopic (exact) mass is 405 g/mol. The van der Waals surface area contributed by atoms with E-state index in [0.29, 0.717) is 16.3 Å². The topological polar surface area (TPSA) is 30.7 Å². The molecule has 0 aliphatic heterocycles. The Morgan fingerprint density at radius 2 is 2.05 bits per heavy atom. The first kappa shape index (κ1) is 15.0. The van der Waals surface area contributed by atoms with E-state index >= 15 is 0 Å². The lowest BCUT2D eigenvalue weighted by molar-refractivity contribution is 0.516. The fourth-order valence-corrected chi connectivity index (χ4v) is 2.84. The molecule has 0 fully saturated rings. The summed E-state index contributed by atoms with van der Waals surface area (Å²) in [5.41, 5.74) is 0.899. The van der Waals surface area contributed by atoms with Crippen molar-refractivity contribution < 1.29 is 0 Å². The SMILES string of the molecule is CC(C)Cn1c(CBr)nnc1-c1cc(Br)ccc1Cl. The van der Waals surface area contributed by atoms with Crippen molar-refractivity contribution in [3.05, 3.63) is 33.5 Å². The van der Waals surface area contributed by atoms with E-state index in [1.54, 1.807) is 0 Å². The zero-order valence-electron chi connectivity index (χ0n) is 10.7. The van der Waals surface area contributed by atoms with Crippen LogP contribution in [0.2, 0.25) is 5.02 Å². The van der Waals surface area contributed by atoms with Crippen LogP contribution in [0.25, 0.3) is 11.4 Å². The van der Waals surface area contributed by atoms with Crippen LogP contribution in [0, 0.1) is 5.92 Å². The van der Waals surface area contributed by atoms with Gasteiger partial charge in [-0.05, 0) is 24.1 Å². The minimum Gasteiger partial charge on any atom is -0.310 e. The van der Waals surface area contributed by atoms with Gasteiger partial charge >= 0.3 is 0 Å². The number of alkyl halides is 1. The number of nitrogens with zero attached hydrogens (tertiary/aromatic N) is 3. The van der Waals surface area contributed by atoms with E-state index in [4.69, 9.17) is 11.6 Å². The largest absolute Gasteiger partial charge is 0.310 e. The second kappa shape index (κ2) is 6.37. The van der Waals surface area contributed by atoms with Crippen LogP contribution in [-0.4, -0.2) is 14.8 Å². The van der Waals surface area contributed by atoms with E-state index in [0.717, 1.165) is 28.2 Å². The molecule has 0 aliphatic rings. The molecule has 0 N–H and O–H groups in total. The lowest BCUT2D eigenvalue weighted by Crippen LogP contribution is -2.09. The van der Waals surface area contributed by atoms with Crippen LogP contribution in [0.15, 0.2) is 22.7 Å². The van der Waals surface area contributed by atoms with Crippen LogP contribution in [0.1, 0.15) is 19.7 Å². The first-order valence-corrected chi connectivity index (χ1v) is 8.25. The molecule has 1 aromatic carbocycles. The van der Waals surface area contributed by atoms with Crippen molar-refractivity contribution in [3.8, 4) is 11.4 Å². The number of hydrogen-bond donors (Lipinski definition) is 0. The van der Waals surface area contributed by atoms with Crippen LogP contribution < -0.4 is 0 Å². The maximum Gasteiger partial charge on any atom is 0.165 e. The molecule has 0 saturated heterocycles. The zero-order valence-corrected chi connectivity index (χ0v) is 14.6. The summed E-state index contributed by atoms with van der Waals surface area (Å²) in [5, 5.41) is 9.88. The standard InChI is InChI=1S/C13H14Br2ClN3/c1-8(2)7-19-12(6-14)17-18-13(19)10-5-9(15)3-4-11(10)16/h3-5,8H,6-7H2,1-2H3. The maximum atomic E-state index is 6.28. The van der Waals surface area contributed by atoms with Gasteiger partial charge in [-0.25, -0.2) is 0 Å². The summed E-state index contributed by atoms with van der Waals surface area (Å²) in [6.07, 6.45) is 0. The van der Waals surface area contributed by atoms with Crippen molar-refractivity contribution in [2.75, 3.05) is 0 Å². The second-order valence-corrected chi connectivity index (χ2v) is 6.59. The molecule has 2 rings (SSSR count). The highest BCUT2D eigenvalue weighted by Gasteiger charge is 2.16. The summed E-state index contributed by atoms with van der Waals surface area (Å²) in [5.74, 6) is 2.24. The molecule has 1 aromatic heterocycles. The quantitative estimate of drug-likeness (QED) is 0.674. The summed E-state index contributed by atoms with van der Waals surface area (Å²) >= 11 is 13.2. The Bertz CT molecular complexity index is 581. The minimum atomic E-state index is 0.512. The first-order chi connectivity index (χ1) is 9.02. The molecule has 1 heterocycles. The minimum absolute atomic E-state index is 0.512. The highest BCUT2D eigenvalue weighted by atomic mass is 79.9. The third-order valence-corrected chi connectivity index (χ3v) is 3.99. The Hall–Kier alpha value is -0.390. The summed E-state index contributed by atoms with van der Waals surface area (Å²) < 4.78 is 3.10. The number of halogens is 3. The lowest BCUT2D eigenvalue weighted by atomic mass is 10.2. The number of hydrogen-bond acceptors (Lipinski definition) is 2. The molecule has 3 nitrogen and oxygen atoms in total. The summed E-state index contributed by atoms with van der Waals surface area (Å²) in [7, 11) is 0. The van der Waals surface area contributed by atoms with Gasteiger partial charge in [-0.2, -0.15) is 0 Å². The second-order valence-electron chi connectivity index (χ2n) is 4.70. The Balaban J connectivity index is 2.55. The van der Waals surface area contributed by atoms with Gasteiger partial charge in [0.2, 0.25) is 0 Å². The number of aromatic nitrogens is 3. The number of benzene rings is 1. The lowest BCUT2D eigenvalue weighted by Gasteiger charge is -2.12. The van der Waals surface area contributed by atoms with Gasteiger partial charge in [0.1, 0.15) is 5.82 Å². The van der Waals surface area contributed by atoms with E-state index in [-0.39, 0.29) is 0 Å². The molecule has 0 aliphatic carbocycles. The fourth-order valence-electron chi connectivity index (χ4n) is 1.86.